The van der Waals surface area contributed by atoms with Gasteiger partial charge in [0.05, 0.1) is 0 Å². The van der Waals surface area contributed by atoms with E-state index in [1.165, 1.54) is 5.56 Å². The molecule has 0 aromatic heterocycles. The van der Waals surface area contributed by atoms with Crippen molar-refractivity contribution >= 4 is 5.78 Å². The molecule has 0 saturated heterocycles. The molecule has 1 heteroatoms. The maximum atomic E-state index is 12.3. The van der Waals surface area contributed by atoms with E-state index < -0.39 is 0 Å². The second-order valence-electron chi connectivity index (χ2n) is 6.03. The maximum Gasteiger partial charge on any atom is 0.168 e. The van der Waals surface area contributed by atoms with Gasteiger partial charge in [-0.05, 0) is 24.1 Å². The van der Waals surface area contributed by atoms with E-state index in [0.29, 0.717) is 0 Å². The van der Waals surface area contributed by atoms with Gasteiger partial charge in [0.2, 0.25) is 0 Å². The van der Waals surface area contributed by atoms with Crippen molar-refractivity contribution in [3.8, 4) is 11.1 Å². The van der Waals surface area contributed by atoms with Crippen LogP contribution in [0.15, 0.2) is 48.5 Å². The summed E-state index contributed by atoms with van der Waals surface area (Å²) in [6.45, 7) is 7.93. The molecule has 19 heavy (non-hydrogen) atoms. The fourth-order valence-corrected chi connectivity index (χ4v) is 2.02. The molecule has 0 atom stereocenters. The maximum absolute atomic E-state index is 12.3. The Bertz CT molecular complexity index is 586. The molecule has 0 bridgehead atoms. The first-order valence-electron chi connectivity index (χ1n) is 6.60. The standard InChI is InChI=1S/C18H20O/c1-13-8-10-14(11-9-13)15-6-5-7-16(12-15)17(19)18(2,3)4/h5-12H,1-4H3. The Labute approximate surface area is 115 Å². The van der Waals surface area contributed by atoms with Crippen LogP contribution in [0, 0.1) is 12.3 Å². The minimum absolute atomic E-state index is 0.182. The summed E-state index contributed by atoms with van der Waals surface area (Å²) in [5.41, 5.74) is 3.92. The molecule has 0 unspecified atom stereocenters. The molecule has 0 heterocycles. The Morgan fingerprint density at radius 1 is 0.895 bits per heavy atom. The average Bonchev–Trinajstić information content (AvgIpc) is 2.38. The van der Waals surface area contributed by atoms with Gasteiger partial charge in [-0.25, -0.2) is 0 Å². The number of rotatable bonds is 2. The fourth-order valence-electron chi connectivity index (χ4n) is 2.02. The molecule has 0 amide bonds. The predicted molar refractivity (Wildman–Crippen MR) is 80.4 cm³/mol. The van der Waals surface area contributed by atoms with Crippen LogP contribution in [0.5, 0.6) is 0 Å². The van der Waals surface area contributed by atoms with E-state index in [2.05, 4.69) is 31.2 Å². The molecule has 0 aliphatic rings. The largest absolute Gasteiger partial charge is 0.294 e. The molecule has 0 fully saturated rings. The third kappa shape index (κ3) is 3.11. The average molecular weight is 252 g/mol. The number of hydrogen-bond acceptors (Lipinski definition) is 1. The minimum atomic E-state index is -0.341. The molecule has 0 radical (unpaired) electrons. The smallest absolute Gasteiger partial charge is 0.168 e. The third-order valence-electron chi connectivity index (χ3n) is 3.19. The van der Waals surface area contributed by atoms with Gasteiger partial charge in [-0.3, -0.25) is 4.79 Å². The van der Waals surface area contributed by atoms with Crippen molar-refractivity contribution in [2.75, 3.05) is 0 Å². The second-order valence-corrected chi connectivity index (χ2v) is 6.03. The summed E-state index contributed by atoms with van der Waals surface area (Å²) >= 11 is 0. The highest BCUT2D eigenvalue weighted by Crippen LogP contribution is 2.25. The van der Waals surface area contributed by atoms with Crippen LogP contribution in [0.25, 0.3) is 11.1 Å². The van der Waals surface area contributed by atoms with Crippen LogP contribution in [-0.4, -0.2) is 5.78 Å². The Kier molecular flexibility index (Phi) is 3.57. The zero-order chi connectivity index (χ0) is 14.0. The number of carbonyl (C=O) groups excluding carboxylic acids is 1. The Morgan fingerprint density at radius 2 is 1.53 bits per heavy atom. The van der Waals surface area contributed by atoms with Crippen LogP contribution in [0.4, 0.5) is 0 Å². The van der Waals surface area contributed by atoms with Gasteiger partial charge in [-0.2, -0.15) is 0 Å². The fraction of sp³-hybridized carbons (Fsp3) is 0.278. The minimum Gasteiger partial charge on any atom is -0.294 e. The molecule has 0 N–H and O–H groups in total. The summed E-state index contributed by atoms with van der Waals surface area (Å²) < 4.78 is 0. The number of benzene rings is 2. The van der Waals surface area contributed by atoms with Crippen molar-refractivity contribution < 1.29 is 4.79 Å². The Morgan fingerprint density at radius 3 is 2.11 bits per heavy atom. The van der Waals surface area contributed by atoms with E-state index in [-0.39, 0.29) is 11.2 Å². The van der Waals surface area contributed by atoms with Crippen LogP contribution in [0.1, 0.15) is 36.7 Å². The highest BCUT2D eigenvalue weighted by Gasteiger charge is 2.22. The Hall–Kier alpha value is -1.89. The lowest BCUT2D eigenvalue weighted by Gasteiger charge is -2.17. The van der Waals surface area contributed by atoms with Crippen LogP contribution < -0.4 is 0 Å². The first-order chi connectivity index (χ1) is 8.88. The van der Waals surface area contributed by atoms with E-state index in [1.54, 1.807) is 0 Å². The van der Waals surface area contributed by atoms with E-state index >= 15 is 0 Å². The summed E-state index contributed by atoms with van der Waals surface area (Å²) in [6.07, 6.45) is 0. The molecule has 2 rings (SSSR count). The first kappa shape index (κ1) is 13.5. The lowest BCUT2D eigenvalue weighted by Crippen LogP contribution is -2.20. The lowest BCUT2D eigenvalue weighted by atomic mass is 9.85. The van der Waals surface area contributed by atoms with Crippen molar-refractivity contribution in [1.82, 2.24) is 0 Å². The van der Waals surface area contributed by atoms with E-state index in [4.69, 9.17) is 0 Å². The zero-order valence-corrected chi connectivity index (χ0v) is 12.0. The third-order valence-corrected chi connectivity index (χ3v) is 3.19. The molecule has 0 aliphatic carbocycles. The van der Waals surface area contributed by atoms with E-state index in [9.17, 15) is 4.79 Å². The van der Waals surface area contributed by atoms with Crippen molar-refractivity contribution in [2.45, 2.75) is 27.7 Å². The second kappa shape index (κ2) is 5.00. The predicted octanol–water partition coefficient (Wildman–Crippen LogP) is 4.89. The molecule has 1 nitrogen and oxygen atoms in total. The normalized spacial score (nSPS) is 11.4. The number of ketones is 1. The van der Waals surface area contributed by atoms with Gasteiger partial charge >= 0.3 is 0 Å². The molecule has 0 aliphatic heterocycles. The molecule has 0 spiro atoms. The molecular weight excluding hydrogens is 232 g/mol. The Balaban J connectivity index is 2.40. The quantitative estimate of drug-likeness (QED) is 0.695. The lowest BCUT2D eigenvalue weighted by molar-refractivity contribution is 0.0858. The van der Waals surface area contributed by atoms with Gasteiger partial charge in [-0.15, -0.1) is 0 Å². The summed E-state index contributed by atoms with van der Waals surface area (Å²) in [6, 6.07) is 16.2. The number of carbonyl (C=O) groups is 1. The summed E-state index contributed by atoms with van der Waals surface area (Å²) in [7, 11) is 0. The topological polar surface area (TPSA) is 17.1 Å². The van der Waals surface area contributed by atoms with E-state index in [1.807, 2.05) is 45.0 Å². The molecule has 2 aromatic carbocycles. The number of hydrogen-bond donors (Lipinski definition) is 0. The van der Waals surface area contributed by atoms with Crippen molar-refractivity contribution in [1.29, 1.82) is 0 Å². The monoisotopic (exact) mass is 252 g/mol. The molecule has 98 valence electrons. The van der Waals surface area contributed by atoms with Gasteiger partial charge < -0.3 is 0 Å². The van der Waals surface area contributed by atoms with Gasteiger partial charge in [0, 0.05) is 11.0 Å². The summed E-state index contributed by atoms with van der Waals surface area (Å²) in [5, 5.41) is 0. The van der Waals surface area contributed by atoms with Gasteiger partial charge in [0.25, 0.3) is 0 Å². The number of aryl methyl sites for hydroxylation is 1. The van der Waals surface area contributed by atoms with Crippen LogP contribution in [0.2, 0.25) is 0 Å². The highest BCUT2D eigenvalue weighted by atomic mass is 16.1. The number of Topliss-reactive ketones (excluding diaryl/α,β-unsaturated/α-hetero) is 1. The highest BCUT2D eigenvalue weighted by molar-refractivity contribution is 6.00. The SMILES string of the molecule is Cc1ccc(-c2cccc(C(=O)C(C)(C)C)c2)cc1. The van der Waals surface area contributed by atoms with Gasteiger partial charge in [0.15, 0.2) is 5.78 Å². The first-order valence-corrected chi connectivity index (χ1v) is 6.60. The summed E-state index contributed by atoms with van der Waals surface area (Å²) in [5.74, 6) is 0.182. The van der Waals surface area contributed by atoms with Gasteiger partial charge in [0.1, 0.15) is 0 Å². The molecule has 0 saturated carbocycles. The van der Waals surface area contributed by atoms with E-state index in [0.717, 1.165) is 16.7 Å². The van der Waals surface area contributed by atoms with Crippen LogP contribution in [0.3, 0.4) is 0 Å². The molecular formula is C18H20O. The van der Waals surface area contributed by atoms with Crippen molar-refractivity contribution in [3.05, 3.63) is 59.7 Å². The van der Waals surface area contributed by atoms with Crippen molar-refractivity contribution in [2.24, 2.45) is 5.41 Å². The van der Waals surface area contributed by atoms with Crippen LogP contribution in [-0.2, 0) is 0 Å². The molecule has 2 aromatic rings. The van der Waals surface area contributed by atoms with Crippen molar-refractivity contribution in [3.63, 3.8) is 0 Å². The zero-order valence-electron chi connectivity index (χ0n) is 12.0. The summed E-state index contributed by atoms with van der Waals surface area (Å²) in [4.78, 5) is 12.3. The van der Waals surface area contributed by atoms with Crippen LogP contribution >= 0.6 is 0 Å². The van der Waals surface area contributed by atoms with Gasteiger partial charge in [-0.1, -0.05) is 68.8 Å².